The summed E-state index contributed by atoms with van der Waals surface area (Å²) in [5, 5.41) is 1.05. The lowest BCUT2D eigenvalue weighted by molar-refractivity contribution is -0.117. The van der Waals surface area contributed by atoms with Crippen LogP contribution in [0.3, 0.4) is 0 Å². The lowest BCUT2D eigenvalue weighted by Crippen LogP contribution is -2.47. The topological polar surface area (TPSA) is 34.1 Å². The molecule has 0 aliphatic carbocycles. The van der Waals surface area contributed by atoms with Gasteiger partial charge < -0.3 is 9.59 Å². The third-order valence-electron chi connectivity index (χ3n) is 5.42. The zero-order chi connectivity index (χ0) is 17.6. The highest BCUT2D eigenvalue weighted by atomic mass is 28.3. The van der Waals surface area contributed by atoms with Gasteiger partial charge in [-0.15, -0.1) is 0 Å². The third-order valence-corrected chi connectivity index (χ3v) is 12.4. The number of carbonyl (C=O) groups excluding carboxylic acids is 2. The van der Waals surface area contributed by atoms with Crippen LogP contribution in [0.15, 0.2) is 0 Å². The lowest BCUT2D eigenvalue weighted by atomic mass is 10.1. The minimum Gasteiger partial charge on any atom is -0.305 e. The zero-order valence-electron chi connectivity index (χ0n) is 16.2. The van der Waals surface area contributed by atoms with E-state index in [0.717, 1.165) is 37.8 Å². The molecule has 0 bridgehead atoms. The molecule has 2 nitrogen and oxygen atoms in total. The fourth-order valence-electron chi connectivity index (χ4n) is 3.30. The molecule has 0 aromatic rings. The predicted octanol–water partition coefficient (Wildman–Crippen LogP) is 5.49. The summed E-state index contributed by atoms with van der Waals surface area (Å²) >= 11 is 0. The van der Waals surface area contributed by atoms with Crippen molar-refractivity contribution in [1.82, 2.24) is 0 Å². The second-order valence-electron chi connectivity index (χ2n) is 8.02. The second-order valence-corrected chi connectivity index (χ2v) is 17.5. The SMILES string of the molecule is CCC(CC)C(=O)[Si](C)(C)CC[Si](C)(C)C(=O)C(CC)CC. The van der Waals surface area contributed by atoms with Gasteiger partial charge in [0.1, 0.15) is 27.0 Å². The minimum absolute atomic E-state index is 0.237. The minimum atomic E-state index is -1.88. The number of hydrogen-bond acceptors (Lipinski definition) is 2. The molecule has 0 amide bonds. The Hall–Kier alpha value is -0.226. The van der Waals surface area contributed by atoms with Crippen LogP contribution < -0.4 is 0 Å². The van der Waals surface area contributed by atoms with Gasteiger partial charge in [0.25, 0.3) is 0 Å². The van der Waals surface area contributed by atoms with Crippen LogP contribution in [0.1, 0.15) is 53.4 Å². The molecule has 0 fully saturated rings. The molecule has 0 unspecified atom stereocenters. The van der Waals surface area contributed by atoms with Gasteiger partial charge in [-0.25, -0.2) is 0 Å². The summed E-state index contributed by atoms with van der Waals surface area (Å²) < 4.78 is 0. The van der Waals surface area contributed by atoms with Crippen molar-refractivity contribution in [3.05, 3.63) is 0 Å². The Bertz CT molecular complexity index is 331. The summed E-state index contributed by atoms with van der Waals surface area (Å²) in [6, 6.07) is 1.99. The Morgan fingerprint density at radius 3 is 1.05 bits per heavy atom. The quantitative estimate of drug-likeness (QED) is 0.465. The first kappa shape index (κ1) is 21.8. The van der Waals surface area contributed by atoms with Gasteiger partial charge in [0.15, 0.2) is 0 Å². The summed E-state index contributed by atoms with van der Waals surface area (Å²) in [5.74, 6) is 0.474. The first-order valence-electron chi connectivity index (χ1n) is 9.15. The molecule has 0 heterocycles. The summed E-state index contributed by atoms with van der Waals surface area (Å²) in [6.07, 6.45) is 3.83. The average molecular weight is 343 g/mol. The Morgan fingerprint density at radius 2 is 0.864 bits per heavy atom. The zero-order valence-corrected chi connectivity index (χ0v) is 18.2. The van der Waals surface area contributed by atoms with Crippen molar-refractivity contribution in [1.29, 1.82) is 0 Å². The van der Waals surface area contributed by atoms with E-state index in [1.54, 1.807) is 0 Å². The smallest absolute Gasteiger partial charge is 0.127 e. The fourth-order valence-corrected chi connectivity index (χ4v) is 11.8. The van der Waals surface area contributed by atoms with Gasteiger partial charge in [0.05, 0.1) is 0 Å². The van der Waals surface area contributed by atoms with Gasteiger partial charge in [-0.05, 0) is 25.7 Å². The van der Waals surface area contributed by atoms with Crippen molar-refractivity contribution in [3.8, 4) is 0 Å². The molecule has 4 heteroatoms. The van der Waals surface area contributed by atoms with Crippen molar-refractivity contribution < 1.29 is 9.59 Å². The fraction of sp³-hybridized carbons (Fsp3) is 0.889. The van der Waals surface area contributed by atoms with Gasteiger partial charge in [-0.2, -0.15) is 0 Å². The molecule has 0 saturated carbocycles. The molecule has 0 aliphatic heterocycles. The van der Waals surface area contributed by atoms with Crippen LogP contribution in [0.4, 0.5) is 0 Å². The molecule has 22 heavy (non-hydrogen) atoms. The summed E-state index contributed by atoms with van der Waals surface area (Å²) in [6.45, 7) is 17.3. The highest BCUT2D eigenvalue weighted by Crippen LogP contribution is 2.28. The molecule has 0 N–H and O–H groups in total. The van der Waals surface area contributed by atoms with Crippen LogP contribution in [0.2, 0.25) is 38.3 Å². The van der Waals surface area contributed by atoms with Crippen LogP contribution in [0.25, 0.3) is 0 Å². The maximum Gasteiger partial charge on any atom is 0.127 e. The standard InChI is InChI=1S/C18H38O2Si2/c1-9-15(10-2)17(19)21(5,6)13-14-22(7,8)18(20)16(11-3)12-4/h15-16H,9-14H2,1-8H3. The largest absolute Gasteiger partial charge is 0.305 e. The van der Waals surface area contributed by atoms with Crippen LogP contribution in [0, 0.1) is 11.8 Å². The molecule has 0 aromatic heterocycles. The van der Waals surface area contributed by atoms with Gasteiger partial charge in [0.2, 0.25) is 0 Å². The first-order valence-corrected chi connectivity index (χ1v) is 15.6. The Labute approximate surface area is 140 Å². The van der Waals surface area contributed by atoms with Crippen LogP contribution in [-0.2, 0) is 9.59 Å². The van der Waals surface area contributed by atoms with E-state index in [9.17, 15) is 9.59 Å². The second kappa shape index (κ2) is 9.16. The van der Waals surface area contributed by atoms with E-state index in [2.05, 4.69) is 53.9 Å². The highest BCUT2D eigenvalue weighted by molar-refractivity contribution is 7.08. The average Bonchev–Trinajstić information content (AvgIpc) is 2.47. The molecular weight excluding hydrogens is 304 g/mol. The molecule has 0 radical (unpaired) electrons. The Morgan fingerprint density at radius 1 is 0.636 bits per heavy atom. The third kappa shape index (κ3) is 5.76. The van der Waals surface area contributed by atoms with E-state index in [4.69, 9.17) is 0 Å². The van der Waals surface area contributed by atoms with Gasteiger partial charge >= 0.3 is 0 Å². The summed E-state index contributed by atoms with van der Waals surface area (Å²) in [7, 11) is -3.76. The van der Waals surface area contributed by atoms with E-state index in [1.807, 2.05) is 0 Å². The molecule has 0 rings (SSSR count). The van der Waals surface area contributed by atoms with Gasteiger partial charge in [0, 0.05) is 11.8 Å². The van der Waals surface area contributed by atoms with Crippen molar-refractivity contribution in [2.75, 3.05) is 0 Å². The molecular formula is C18H38O2Si2. The van der Waals surface area contributed by atoms with E-state index in [1.165, 1.54) is 0 Å². The van der Waals surface area contributed by atoms with Crippen molar-refractivity contribution >= 4 is 27.0 Å². The monoisotopic (exact) mass is 342 g/mol. The van der Waals surface area contributed by atoms with Crippen molar-refractivity contribution in [2.45, 2.75) is 91.7 Å². The maximum atomic E-state index is 12.8. The maximum absolute atomic E-state index is 12.8. The van der Waals surface area contributed by atoms with E-state index in [-0.39, 0.29) is 11.8 Å². The highest BCUT2D eigenvalue weighted by Gasteiger charge is 2.39. The molecule has 130 valence electrons. The van der Waals surface area contributed by atoms with Gasteiger partial charge in [-0.3, -0.25) is 0 Å². The summed E-state index contributed by atoms with van der Waals surface area (Å²) in [5.41, 5.74) is 0. The van der Waals surface area contributed by atoms with Crippen molar-refractivity contribution in [3.63, 3.8) is 0 Å². The van der Waals surface area contributed by atoms with E-state index < -0.39 is 16.1 Å². The number of rotatable bonds is 11. The number of hydrogen-bond donors (Lipinski definition) is 0. The molecule has 0 aliphatic rings. The van der Waals surface area contributed by atoms with E-state index >= 15 is 0 Å². The summed E-state index contributed by atoms with van der Waals surface area (Å²) in [4.78, 5) is 25.5. The molecule has 0 spiro atoms. The predicted molar refractivity (Wildman–Crippen MR) is 103 cm³/mol. The Balaban J connectivity index is 4.88. The van der Waals surface area contributed by atoms with E-state index in [0.29, 0.717) is 10.8 Å². The van der Waals surface area contributed by atoms with Crippen LogP contribution >= 0.6 is 0 Å². The Kier molecular flexibility index (Phi) is 9.07. The normalized spacial score (nSPS) is 13.0. The van der Waals surface area contributed by atoms with Gasteiger partial charge in [-0.1, -0.05) is 66.0 Å². The lowest BCUT2D eigenvalue weighted by Gasteiger charge is -2.30. The molecule has 0 saturated heterocycles. The molecule has 0 aromatic carbocycles. The number of carbonyl (C=O) groups is 2. The van der Waals surface area contributed by atoms with Crippen LogP contribution in [-0.4, -0.2) is 27.0 Å². The molecule has 0 atom stereocenters. The van der Waals surface area contributed by atoms with Crippen LogP contribution in [0.5, 0.6) is 0 Å². The van der Waals surface area contributed by atoms with Crippen molar-refractivity contribution in [2.24, 2.45) is 11.8 Å². The first-order chi connectivity index (χ1) is 10.1.